The van der Waals surface area contributed by atoms with E-state index in [1.165, 1.54) is 6.92 Å². The van der Waals surface area contributed by atoms with Crippen molar-refractivity contribution in [2.24, 2.45) is 11.0 Å². The van der Waals surface area contributed by atoms with Crippen LogP contribution in [0.25, 0.3) is 10.4 Å². The first-order valence-electron chi connectivity index (χ1n) is 18.6. The number of carbonyl (C=O) groups excluding carboxylic acids is 3. The van der Waals surface area contributed by atoms with E-state index < -0.39 is 87.6 Å². The van der Waals surface area contributed by atoms with Gasteiger partial charge in [-0.1, -0.05) is 93.5 Å². The molecule has 2 aromatic rings. The van der Waals surface area contributed by atoms with Crippen LogP contribution in [0.1, 0.15) is 52.7 Å². The number of aliphatic hydroxyl groups is 1. The number of rotatable bonds is 17. The zero-order chi connectivity index (χ0) is 41.2. The average Bonchev–Trinajstić information content (AvgIpc) is 3.15. The number of hydrogen-bond acceptors (Lipinski definition) is 14. The van der Waals surface area contributed by atoms with E-state index in [1.807, 2.05) is 49.5 Å². The maximum atomic E-state index is 13.1. The second-order valence-electron chi connectivity index (χ2n) is 15.2. The normalized spacial score (nSPS) is 28.2. The number of carbonyl (C=O) groups is 3. The van der Waals surface area contributed by atoms with Gasteiger partial charge < -0.3 is 47.4 Å². The first-order chi connectivity index (χ1) is 26.5. The van der Waals surface area contributed by atoms with Crippen molar-refractivity contribution in [3.05, 3.63) is 82.2 Å². The molecule has 17 heteroatoms. The summed E-state index contributed by atoms with van der Waals surface area (Å²) in [6, 6.07) is 17.1. The first-order valence-corrected chi connectivity index (χ1v) is 21.5. The Balaban J connectivity index is 1.82. The highest BCUT2D eigenvalue weighted by Gasteiger charge is 2.57. The van der Waals surface area contributed by atoms with Gasteiger partial charge in [-0.3, -0.25) is 9.59 Å². The van der Waals surface area contributed by atoms with E-state index in [-0.39, 0.29) is 30.8 Å². The number of aliphatic hydroxyl groups excluding tert-OH is 1. The molecule has 2 aromatic carbocycles. The van der Waals surface area contributed by atoms with E-state index in [4.69, 9.17) is 42.3 Å². The molecule has 56 heavy (non-hydrogen) atoms. The summed E-state index contributed by atoms with van der Waals surface area (Å²) >= 11 is 0. The summed E-state index contributed by atoms with van der Waals surface area (Å²) in [6.45, 7) is 14.5. The fourth-order valence-electron chi connectivity index (χ4n) is 6.44. The van der Waals surface area contributed by atoms with E-state index in [0.717, 1.165) is 25.2 Å². The van der Waals surface area contributed by atoms with Gasteiger partial charge in [0.1, 0.15) is 43.2 Å². The lowest BCUT2D eigenvalue weighted by atomic mass is 9.95. The summed E-state index contributed by atoms with van der Waals surface area (Å²) in [6.07, 6.45) is -12.6. The summed E-state index contributed by atoms with van der Waals surface area (Å²) in [5, 5.41) is 15.3. The number of esters is 3. The monoisotopic (exact) mass is 801 g/mol. The quantitative estimate of drug-likeness (QED) is 0.0536. The third-order valence-corrected chi connectivity index (χ3v) is 15.3. The van der Waals surface area contributed by atoms with Crippen molar-refractivity contribution in [3.8, 4) is 0 Å². The highest BCUT2D eigenvalue weighted by Crippen LogP contribution is 2.46. The van der Waals surface area contributed by atoms with E-state index in [9.17, 15) is 25.0 Å². The van der Waals surface area contributed by atoms with Crippen molar-refractivity contribution in [3.63, 3.8) is 0 Å². The standard InChI is InChI=1S/C39H55N3O13Si/c1-23(2)39(5,6)56(8,9)55-37-29(41-42-40)32(49-20-26-16-12-10-13-17-26)31(28(52-37)22-48-24(3)43)53-38-35(51-25(4)44)33(30(45)34(54-38)36(46)47-7)50-21-27-18-14-11-15-19-27/h10-19,23,28-35,37-38,45H,20-22H2,1-9H3/t28-,29-,30+,31-,32-,33+,34+,35-,37+,38-/m1/s1. The third-order valence-electron chi connectivity index (χ3n) is 10.8. The molecule has 2 fully saturated rings. The van der Waals surface area contributed by atoms with Crippen LogP contribution in [0.5, 0.6) is 0 Å². The van der Waals surface area contributed by atoms with Gasteiger partial charge >= 0.3 is 17.9 Å². The van der Waals surface area contributed by atoms with Crippen molar-refractivity contribution < 1.29 is 61.8 Å². The van der Waals surface area contributed by atoms with Gasteiger partial charge in [0.05, 0.1) is 20.3 Å². The molecule has 0 unspecified atom stereocenters. The van der Waals surface area contributed by atoms with Crippen LogP contribution < -0.4 is 0 Å². The van der Waals surface area contributed by atoms with Gasteiger partial charge in [-0.15, -0.1) is 0 Å². The van der Waals surface area contributed by atoms with Gasteiger partial charge in [0, 0.05) is 18.8 Å². The summed E-state index contributed by atoms with van der Waals surface area (Å²) in [7, 11) is -1.58. The molecule has 0 amide bonds. The summed E-state index contributed by atoms with van der Waals surface area (Å²) in [5.74, 6) is -2.12. The third kappa shape index (κ3) is 11.1. The molecule has 10 atom stereocenters. The van der Waals surface area contributed by atoms with Gasteiger partial charge in [-0.2, -0.15) is 0 Å². The van der Waals surface area contributed by atoms with Crippen LogP contribution in [0.3, 0.4) is 0 Å². The minimum Gasteiger partial charge on any atom is -0.467 e. The van der Waals surface area contributed by atoms with Gasteiger partial charge in [-0.05, 0) is 40.7 Å². The predicted molar refractivity (Wildman–Crippen MR) is 203 cm³/mol. The van der Waals surface area contributed by atoms with Gasteiger partial charge in [0.15, 0.2) is 33.1 Å². The van der Waals surface area contributed by atoms with Gasteiger partial charge in [-0.25, -0.2) is 4.79 Å². The van der Waals surface area contributed by atoms with Crippen molar-refractivity contribution in [1.82, 2.24) is 0 Å². The van der Waals surface area contributed by atoms with Crippen molar-refractivity contribution in [1.29, 1.82) is 0 Å². The zero-order valence-corrected chi connectivity index (χ0v) is 34.4. The van der Waals surface area contributed by atoms with Crippen LogP contribution >= 0.6 is 0 Å². The molecule has 2 aliphatic heterocycles. The number of azide groups is 1. The Morgan fingerprint density at radius 3 is 1.95 bits per heavy atom. The molecular weight excluding hydrogens is 747 g/mol. The Hall–Kier alpha value is -3.90. The van der Waals surface area contributed by atoms with E-state index in [2.05, 4.69) is 37.7 Å². The fraction of sp³-hybridized carbons (Fsp3) is 0.615. The smallest absolute Gasteiger partial charge is 0.337 e. The Morgan fingerprint density at radius 2 is 1.45 bits per heavy atom. The van der Waals surface area contributed by atoms with Gasteiger partial charge in [0.25, 0.3) is 0 Å². The predicted octanol–water partition coefficient (Wildman–Crippen LogP) is 5.36. The van der Waals surface area contributed by atoms with Crippen molar-refractivity contribution in [2.75, 3.05) is 13.7 Å². The lowest BCUT2D eigenvalue weighted by molar-refractivity contribution is -0.346. The second-order valence-corrected chi connectivity index (χ2v) is 19.7. The first kappa shape index (κ1) is 44.8. The molecule has 0 spiro atoms. The van der Waals surface area contributed by atoms with Crippen LogP contribution in [0.4, 0.5) is 0 Å². The van der Waals surface area contributed by atoms with Crippen molar-refractivity contribution in [2.45, 2.75) is 134 Å². The Kier molecular flexibility index (Phi) is 16.0. The lowest BCUT2D eigenvalue weighted by Crippen LogP contribution is -2.67. The number of methoxy groups -OCH3 is 1. The molecule has 2 saturated heterocycles. The number of ether oxygens (including phenoxy) is 8. The van der Waals surface area contributed by atoms with Crippen molar-refractivity contribution >= 4 is 26.2 Å². The molecular formula is C39H55N3O13Si. The molecule has 4 rings (SSSR count). The molecule has 0 radical (unpaired) electrons. The molecule has 0 aliphatic carbocycles. The molecule has 16 nitrogen and oxygen atoms in total. The Morgan fingerprint density at radius 1 is 0.875 bits per heavy atom. The molecule has 1 N–H and O–H groups in total. The number of benzene rings is 2. The minimum absolute atomic E-state index is 0.0132. The van der Waals surface area contributed by atoms with Crippen LogP contribution in [0, 0.1) is 5.92 Å². The van der Waals surface area contributed by atoms with Crippen LogP contribution in [-0.2, 0) is 69.9 Å². The van der Waals surface area contributed by atoms with E-state index in [1.54, 1.807) is 24.3 Å². The Labute approximate surface area is 328 Å². The Bertz CT molecular complexity index is 1640. The van der Waals surface area contributed by atoms with E-state index in [0.29, 0.717) is 0 Å². The summed E-state index contributed by atoms with van der Waals surface area (Å²) in [5.41, 5.74) is 11.4. The SMILES string of the molecule is COC(=O)[C@H]1O[C@@H](O[C@H]2[C@H](OCc3ccccc3)[C@@H](N=[N+]=[N-])[C@H](O[Si](C)(C)C(C)(C)C(C)C)O[C@@H]2COC(C)=O)[C@H](OC(C)=O)[C@@H](OCc2ccccc2)[C@@H]1O. The highest BCUT2D eigenvalue weighted by molar-refractivity contribution is 6.74. The molecule has 2 aliphatic rings. The lowest BCUT2D eigenvalue weighted by Gasteiger charge is -2.51. The average molecular weight is 802 g/mol. The topological polar surface area (TPSA) is 203 Å². The van der Waals surface area contributed by atoms with Crippen LogP contribution in [0.2, 0.25) is 18.1 Å². The van der Waals surface area contributed by atoms with Crippen LogP contribution in [-0.4, -0.2) is 106 Å². The molecule has 308 valence electrons. The zero-order valence-electron chi connectivity index (χ0n) is 33.4. The number of nitrogens with zero attached hydrogens (tertiary/aromatic N) is 3. The highest BCUT2D eigenvalue weighted by atomic mass is 28.4. The minimum atomic E-state index is -2.71. The largest absolute Gasteiger partial charge is 0.467 e. The van der Waals surface area contributed by atoms with E-state index >= 15 is 0 Å². The second kappa shape index (κ2) is 20.0. The fourth-order valence-corrected chi connectivity index (χ4v) is 8.91. The molecule has 0 saturated carbocycles. The summed E-state index contributed by atoms with van der Waals surface area (Å²) in [4.78, 5) is 41.1. The number of hydrogen-bond donors (Lipinski definition) is 1. The van der Waals surface area contributed by atoms with Crippen LogP contribution in [0.15, 0.2) is 65.8 Å². The molecule has 0 bridgehead atoms. The maximum Gasteiger partial charge on any atom is 0.337 e. The van der Waals surface area contributed by atoms with Gasteiger partial charge in [0.2, 0.25) is 0 Å². The maximum absolute atomic E-state index is 13.1. The summed E-state index contributed by atoms with van der Waals surface area (Å²) < 4.78 is 54.9. The molecule has 0 aromatic heterocycles. The molecule has 2 heterocycles.